The zero-order valence-electron chi connectivity index (χ0n) is 15.2. The molecule has 0 aliphatic heterocycles. The normalized spacial score (nSPS) is 12.7. The number of phenolic OH excluding ortho intramolecular Hbond substituents is 4. The molecule has 0 saturated carbocycles. The number of phenols is 4. The van der Waals surface area contributed by atoms with Crippen LogP contribution in [0.15, 0.2) is 51.1 Å². The van der Waals surface area contributed by atoms with Crippen molar-refractivity contribution in [2.75, 3.05) is 0 Å². The summed E-state index contributed by atoms with van der Waals surface area (Å²) in [5.41, 5.74) is 0. The van der Waals surface area contributed by atoms with Gasteiger partial charge in [0.1, 0.15) is 0 Å². The van der Waals surface area contributed by atoms with Gasteiger partial charge in [0.2, 0.25) is 0 Å². The highest BCUT2D eigenvalue weighted by Gasteiger charge is 2.29. The van der Waals surface area contributed by atoms with Gasteiger partial charge in [0.25, 0.3) is 20.2 Å². The van der Waals surface area contributed by atoms with Gasteiger partial charge >= 0.3 is 10.1 Å². The molecule has 0 atom stereocenters. The molecule has 0 bridgehead atoms. The second kappa shape index (κ2) is 7.38. The predicted octanol–water partition coefficient (Wildman–Crippen LogP) is 0.923. The van der Waals surface area contributed by atoms with Crippen molar-refractivity contribution in [3.63, 3.8) is 0 Å². The van der Waals surface area contributed by atoms with Crippen LogP contribution in [0.5, 0.6) is 28.7 Å². The monoisotopic (exact) mass is 508 g/mol. The molecule has 13 nitrogen and oxygen atoms in total. The van der Waals surface area contributed by atoms with Crippen molar-refractivity contribution in [3.8, 4) is 28.7 Å². The molecule has 3 aromatic carbocycles. The Labute approximate surface area is 180 Å². The Morgan fingerprint density at radius 1 is 0.625 bits per heavy atom. The minimum Gasteiger partial charge on any atom is -0.504 e. The molecular formula is C16H12O13S3. The molecule has 172 valence electrons. The summed E-state index contributed by atoms with van der Waals surface area (Å²) in [6.07, 6.45) is 0. The number of fused-ring (bicyclic) bond motifs is 1. The van der Waals surface area contributed by atoms with E-state index in [1.807, 2.05) is 0 Å². The predicted molar refractivity (Wildman–Crippen MR) is 104 cm³/mol. The van der Waals surface area contributed by atoms with Crippen molar-refractivity contribution >= 4 is 41.1 Å². The Morgan fingerprint density at radius 3 is 1.72 bits per heavy atom. The first kappa shape index (κ1) is 23.4. The van der Waals surface area contributed by atoms with Gasteiger partial charge in [-0.3, -0.25) is 9.11 Å². The zero-order chi connectivity index (χ0) is 24.2. The third kappa shape index (κ3) is 4.34. The van der Waals surface area contributed by atoms with Gasteiger partial charge in [-0.1, -0.05) is 0 Å². The maximum Gasteiger partial charge on any atom is 0.343 e. The lowest BCUT2D eigenvalue weighted by Gasteiger charge is -2.14. The summed E-state index contributed by atoms with van der Waals surface area (Å²) in [6.45, 7) is 0. The van der Waals surface area contributed by atoms with Gasteiger partial charge in [-0.2, -0.15) is 25.3 Å². The van der Waals surface area contributed by atoms with E-state index in [9.17, 15) is 50.2 Å². The molecule has 3 rings (SSSR count). The molecule has 0 unspecified atom stereocenters. The fourth-order valence-electron chi connectivity index (χ4n) is 2.62. The van der Waals surface area contributed by atoms with Gasteiger partial charge in [-0.05, 0) is 29.7 Å². The van der Waals surface area contributed by atoms with Crippen LogP contribution in [0.25, 0.3) is 10.8 Å². The summed E-state index contributed by atoms with van der Waals surface area (Å²) in [5.74, 6) is -4.91. The van der Waals surface area contributed by atoms with Crippen LogP contribution >= 0.6 is 0 Å². The second-order valence-electron chi connectivity index (χ2n) is 6.26. The quantitative estimate of drug-likeness (QED) is 0.160. The van der Waals surface area contributed by atoms with Crippen molar-refractivity contribution in [3.05, 3.63) is 36.4 Å². The summed E-state index contributed by atoms with van der Waals surface area (Å²) in [7, 11) is -15.2. The second-order valence-corrected chi connectivity index (χ2v) is 10.6. The fraction of sp³-hybridized carbons (Fsp3) is 0. The van der Waals surface area contributed by atoms with Gasteiger partial charge in [-0.15, -0.1) is 0 Å². The lowest BCUT2D eigenvalue weighted by atomic mass is 10.1. The summed E-state index contributed by atoms with van der Waals surface area (Å²) in [6, 6.07) is 3.62. The van der Waals surface area contributed by atoms with Crippen LogP contribution in [-0.2, 0) is 30.4 Å². The number of rotatable bonds is 5. The van der Waals surface area contributed by atoms with Crippen molar-refractivity contribution < 1.29 is 59.0 Å². The van der Waals surface area contributed by atoms with Crippen LogP contribution in [0.2, 0.25) is 0 Å². The van der Waals surface area contributed by atoms with Crippen LogP contribution < -0.4 is 4.18 Å². The smallest absolute Gasteiger partial charge is 0.343 e. The summed E-state index contributed by atoms with van der Waals surface area (Å²) in [4.78, 5) is -3.31. The molecule has 0 radical (unpaired) electrons. The number of hydrogen-bond donors (Lipinski definition) is 6. The van der Waals surface area contributed by atoms with Gasteiger partial charge in [0.15, 0.2) is 33.6 Å². The first-order chi connectivity index (χ1) is 14.5. The van der Waals surface area contributed by atoms with Gasteiger partial charge in [-0.25, -0.2) is 0 Å². The fourth-order valence-corrected chi connectivity index (χ4v) is 4.83. The lowest BCUT2D eigenvalue weighted by molar-refractivity contribution is 0.387. The van der Waals surface area contributed by atoms with Gasteiger partial charge in [0, 0.05) is 17.5 Å². The van der Waals surface area contributed by atoms with E-state index in [-0.39, 0.29) is 16.8 Å². The molecule has 0 aromatic heterocycles. The molecule has 16 heteroatoms. The van der Waals surface area contributed by atoms with E-state index in [0.29, 0.717) is 12.1 Å². The zero-order valence-corrected chi connectivity index (χ0v) is 17.7. The molecule has 32 heavy (non-hydrogen) atoms. The lowest BCUT2D eigenvalue weighted by Crippen LogP contribution is -2.12. The topological polar surface area (TPSA) is 233 Å². The Balaban J connectivity index is 2.30. The Bertz CT molecular complexity index is 1590. The molecule has 0 heterocycles. The highest BCUT2D eigenvalue weighted by Crippen LogP contribution is 2.40. The van der Waals surface area contributed by atoms with E-state index in [4.69, 9.17) is 8.74 Å². The van der Waals surface area contributed by atoms with Crippen LogP contribution in [-0.4, -0.2) is 54.8 Å². The Kier molecular flexibility index (Phi) is 5.39. The highest BCUT2D eigenvalue weighted by molar-refractivity contribution is 7.87. The Morgan fingerprint density at radius 2 is 1.16 bits per heavy atom. The number of aromatic hydroxyl groups is 4. The maximum atomic E-state index is 12.7. The van der Waals surface area contributed by atoms with E-state index >= 15 is 0 Å². The van der Waals surface area contributed by atoms with E-state index in [0.717, 1.165) is 18.2 Å². The summed E-state index contributed by atoms with van der Waals surface area (Å²) in [5, 5.41) is 38.4. The van der Waals surface area contributed by atoms with Crippen molar-refractivity contribution in [2.45, 2.75) is 14.7 Å². The van der Waals surface area contributed by atoms with Gasteiger partial charge < -0.3 is 24.6 Å². The molecule has 0 saturated heterocycles. The van der Waals surface area contributed by atoms with E-state index in [1.54, 1.807) is 0 Å². The standard InChI is InChI=1S/C16H12O13S3/c17-11-2-7-1-8(30(21,22)23)4-14(10(7)6-12(11)18)29-32(27,28)15-5-9(31(24,25)26)3-13(19)16(15)20/h1-6,17-20H,(H,21,22,23)(H,24,25,26). The average molecular weight is 508 g/mol. The Hall–Kier alpha value is -3.31. The minimum atomic E-state index is -5.23. The largest absolute Gasteiger partial charge is 0.504 e. The highest BCUT2D eigenvalue weighted by atomic mass is 32.2. The SMILES string of the molecule is O=S(=O)(O)c1cc(O)c(O)c(S(=O)(=O)Oc2cc(S(=O)(=O)O)cc3cc(O)c(O)cc23)c1. The number of benzene rings is 3. The van der Waals surface area contributed by atoms with E-state index < -0.39 is 73.8 Å². The van der Waals surface area contributed by atoms with Crippen molar-refractivity contribution in [1.82, 2.24) is 0 Å². The van der Waals surface area contributed by atoms with Crippen LogP contribution in [0.1, 0.15) is 0 Å². The van der Waals surface area contributed by atoms with Crippen LogP contribution in [0.3, 0.4) is 0 Å². The average Bonchev–Trinajstić information content (AvgIpc) is 2.63. The molecule has 0 spiro atoms. The van der Waals surface area contributed by atoms with Crippen LogP contribution in [0, 0.1) is 0 Å². The molecule has 0 aliphatic carbocycles. The first-order valence-electron chi connectivity index (χ1n) is 7.96. The molecule has 0 fully saturated rings. The molecule has 0 aliphatic rings. The third-order valence-electron chi connectivity index (χ3n) is 4.08. The molecule has 0 amide bonds. The molecular weight excluding hydrogens is 496 g/mol. The summed E-state index contributed by atoms with van der Waals surface area (Å²) < 4.78 is 94.3. The van der Waals surface area contributed by atoms with Crippen molar-refractivity contribution in [2.24, 2.45) is 0 Å². The molecule has 3 aromatic rings. The third-order valence-corrected chi connectivity index (χ3v) is 6.99. The van der Waals surface area contributed by atoms with Crippen LogP contribution in [0.4, 0.5) is 0 Å². The first-order valence-corrected chi connectivity index (χ1v) is 12.2. The van der Waals surface area contributed by atoms with Gasteiger partial charge in [0.05, 0.1) is 9.79 Å². The maximum absolute atomic E-state index is 12.7. The van der Waals surface area contributed by atoms with E-state index in [2.05, 4.69) is 0 Å². The number of hydrogen-bond acceptors (Lipinski definition) is 11. The van der Waals surface area contributed by atoms with E-state index in [1.165, 1.54) is 0 Å². The van der Waals surface area contributed by atoms with Crippen molar-refractivity contribution in [1.29, 1.82) is 0 Å². The molecule has 6 N–H and O–H groups in total. The summed E-state index contributed by atoms with van der Waals surface area (Å²) >= 11 is 0. The minimum absolute atomic E-state index is 0.209.